The summed E-state index contributed by atoms with van der Waals surface area (Å²) in [4.78, 5) is 23.1. The number of carbonyl (C=O) groups is 2. The van der Waals surface area contributed by atoms with E-state index >= 15 is 0 Å². The summed E-state index contributed by atoms with van der Waals surface area (Å²) in [6, 6.07) is 0. The average Bonchev–Trinajstić information content (AvgIpc) is 2.34. The van der Waals surface area contributed by atoms with E-state index in [1.807, 2.05) is 6.92 Å². The van der Waals surface area contributed by atoms with Crippen molar-refractivity contribution in [2.24, 2.45) is 29.1 Å². The fraction of sp³-hybridized carbons (Fsp3) is 0.867. The first-order chi connectivity index (χ1) is 8.78. The first-order valence-corrected chi connectivity index (χ1v) is 7.21. The van der Waals surface area contributed by atoms with Gasteiger partial charge in [0.1, 0.15) is 5.78 Å². The molecule has 108 valence electrons. The Hall–Kier alpha value is -0.900. The van der Waals surface area contributed by atoms with E-state index in [-0.39, 0.29) is 29.0 Å². The van der Waals surface area contributed by atoms with Gasteiger partial charge in [0.2, 0.25) is 0 Å². The lowest BCUT2D eigenvalue weighted by Crippen LogP contribution is -2.54. The molecule has 0 aliphatic heterocycles. The van der Waals surface area contributed by atoms with Gasteiger partial charge in [-0.3, -0.25) is 9.59 Å². The molecule has 0 amide bonds. The van der Waals surface area contributed by atoms with Crippen LogP contribution in [0.1, 0.15) is 46.5 Å². The van der Waals surface area contributed by atoms with Gasteiger partial charge in [-0.1, -0.05) is 20.8 Å². The zero-order chi connectivity index (χ0) is 14.4. The lowest BCUT2D eigenvalue weighted by Gasteiger charge is -2.53. The number of aliphatic carboxylic acids is 1. The molecule has 2 saturated carbocycles. The number of ketones is 1. The van der Waals surface area contributed by atoms with Crippen molar-refractivity contribution in [3.8, 4) is 0 Å². The van der Waals surface area contributed by atoms with Gasteiger partial charge in [0.05, 0.1) is 12.0 Å². The van der Waals surface area contributed by atoms with Crippen LogP contribution < -0.4 is 0 Å². The van der Waals surface area contributed by atoms with Crippen LogP contribution in [0.25, 0.3) is 0 Å². The predicted octanol–water partition coefficient (Wildman–Crippen LogP) is 2.10. The van der Waals surface area contributed by atoms with Crippen LogP contribution in [-0.4, -0.2) is 28.1 Å². The molecule has 4 nitrogen and oxygen atoms in total. The smallest absolute Gasteiger partial charge is 0.306 e. The van der Waals surface area contributed by atoms with Crippen LogP contribution >= 0.6 is 0 Å². The highest BCUT2D eigenvalue weighted by Crippen LogP contribution is 2.54. The number of Topliss-reactive ketones (excluding diaryl/α,β-unsaturated/α-hetero) is 1. The topological polar surface area (TPSA) is 74.6 Å². The minimum absolute atomic E-state index is 0.0124. The highest BCUT2D eigenvalue weighted by Gasteiger charge is 2.53. The molecule has 2 aliphatic carbocycles. The van der Waals surface area contributed by atoms with Crippen LogP contribution in [0, 0.1) is 29.1 Å². The molecular formula is C15H24O4. The molecule has 1 unspecified atom stereocenters. The van der Waals surface area contributed by atoms with Crippen molar-refractivity contribution in [1.82, 2.24) is 0 Å². The standard InChI is InChI=1S/C15H24O4/c1-8(14(18)19)10-4-6-15(3)7-5-11(16)9(2)12(15)13(10)17/h8-10,12-13,17H,4-7H2,1-3H3,(H,18,19)/t8?,9-,10+,12-,13+,15+/m1/s1. The second-order valence-corrected chi connectivity index (χ2v) is 6.75. The largest absolute Gasteiger partial charge is 0.481 e. The second-order valence-electron chi connectivity index (χ2n) is 6.75. The normalized spacial score (nSPS) is 44.5. The Balaban J connectivity index is 2.26. The molecule has 4 heteroatoms. The fourth-order valence-corrected chi connectivity index (χ4v) is 4.27. The Labute approximate surface area is 114 Å². The molecule has 0 radical (unpaired) electrons. The Morgan fingerprint density at radius 2 is 2.05 bits per heavy atom. The first kappa shape index (κ1) is 14.5. The van der Waals surface area contributed by atoms with E-state index in [9.17, 15) is 14.7 Å². The van der Waals surface area contributed by atoms with Gasteiger partial charge in [-0.05, 0) is 36.5 Å². The SMILES string of the molecule is CC(C(=O)O)[C@@H]1CC[C@@]2(C)CCC(=O)[C@@H](C)[C@@H]2[C@H]1O. The average molecular weight is 268 g/mol. The van der Waals surface area contributed by atoms with Crippen molar-refractivity contribution in [1.29, 1.82) is 0 Å². The van der Waals surface area contributed by atoms with Gasteiger partial charge >= 0.3 is 5.97 Å². The molecule has 0 spiro atoms. The molecule has 2 N–H and O–H groups in total. The van der Waals surface area contributed by atoms with Gasteiger partial charge in [0, 0.05) is 12.3 Å². The van der Waals surface area contributed by atoms with Gasteiger partial charge in [0.15, 0.2) is 0 Å². The number of hydrogen-bond acceptors (Lipinski definition) is 3. The maximum Gasteiger partial charge on any atom is 0.306 e. The molecule has 0 heterocycles. The molecule has 19 heavy (non-hydrogen) atoms. The number of hydrogen-bond donors (Lipinski definition) is 2. The fourth-order valence-electron chi connectivity index (χ4n) is 4.27. The zero-order valence-corrected chi connectivity index (χ0v) is 11.9. The zero-order valence-electron chi connectivity index (χ0n) is 11.9. The van der Waals surface area contributed by atoms with Crippen molar-refractivity contribution < 1.29 is 19.8 Å². The van der Waals surface area contributed by atoms with Gasteiger partial charge < -0.3 is 10.2 Å². The van der Waals surface area contributed by atoms with Crippen LogP contribution in [0.15, 0.2) is 0 Å². The summed E-state index contributed by atoms with van der Waals surface area (Å²) in [6.45, 7) is 5.70. The third-order valence-corrected chi connectivity index (χ3v) is 5.68. The third kappa shape index (κ3) is 2.31. The number of fused-ring (bicyclic) bond motifs is 1. The van der Waals surface area contributed by atoms with Gasteiger partial charge in [-0.25, -0.2) is 0 Å². The summed E-state index contributed by atoms with van der Waals surface area (Å²) in [6.07, 6.45) is 2.40. The van der Waals surface area contributed by atoms with E-state index in [0.29, 0.717) is 6.42 Å². The van der Waals surface area contributed by atoms with Crippen LogP contribution in [0.4, 0.5) is 0 Å². The van der Waals surface area contributed by atoms with E-state index in [4.69, 9.17) is 5.11 Å². The number of aliphatic hydroxyl groups excluding tert-OH is 1. The van der Waals surface area contributed by atoms with Crippen LogP contribution in [0.2, 0.25) is 0 Å². The number of carboxylic acids is 1. The molecule has 0 saturated heterocycles. The van der Waals surface area contributed by atoms with E-state index < -0.39 is 18.0 Å². The molecule has 2 fully saturated rings. The van der Waals surface area contributed by atoms with E-state index in [2.05, 4.69) is 6.92 Å². The maximum absolute atomic E-state index is 11.9. The number of carboxylic acid groups (broad SMARTS) is 1. The van der Waals surface area contributed by atoms with Crippen molar-refractivity contribution in [2.45, 2.75) is 52.6 Å². The first-order valence-electron chi connectivity index (χ1n) is 7.21. The molecule has 0 aromatic rings. The van der Waals surface area contributed by atoms with E-state index in [1.54, 1.807) is 6.92 Å². The molecule has 0 aromatic heterocycles. The molecule has 6 atom stereocenters. The molecular weight excluding hydrogens is 244 g/mol. The lowest BCUT2D eigenvalue weighted by atomic mass is 9.52. The summed E-state index contributed by atoms with van der Waals surface area (Å²) < 4.78 is 0. The Bertz CT molecular complexity index is 392. The summed E-state index contributed by atoms with van der Waals surface area (Å²) in [7, 11) is 0. The van der Waals surface area contributed by atoms with Crippen molar-refractivity contribution in [2.75, 3.05) is 0 Å². The van der Waals surface area contributed by atoms with Crippen LogP contribution in [0.5, 0.6) is 0 Å². The monoisotopic (exact) mass is 268 g/mol. The minimum atomic E-state index is -0.859. The lowest BCUT2D eigenvalue weighted by molar-refractivity contribution is -0.158. The summed E-state index contributed by atoms with van der Waals surface area (Å²) in [5.41, 5.74) is -0.0124. The quantitative estimate of drug-likeness (QED) is 0.804. The van der Waals surface area contributed by atoms with Gasteiger partial charge in [0.25, 0.3) is 0 Å². The Kier molecular flexibility index (Phi) is 3.74. The highest BCUT2D eigenvalue weighted by molar-refractivity contribution is 5.82. The predicted molar refractivity (Wildman–Crippen MR) is 70.5 cm³/mol. The van der Waals surface area contributed by atoms with E-state index in [0.717, 1.165) is 19.3 Å². The van der Waals surface area contributed by atoms with E-state index in [1.165, 1.54) is 0 Å². The van der Waals surface area contributed by atoms with Crippen LogP contribution in [0.3, 0.4) is 0 Å². The summed E-state index contributed by atoms with van der Waals surface area (Å²) in [5, 5.41) is 19.8. The Morgan fingerprint density at radius 1 is 1.42 bits per heavy atom. The third-order valence-electron chi connectivity index (χ3n) is 5.68. The van der Waals surface area contributed by atoms with Crippen molar-refractivity contribution >= 4 is 11.8 Å². The summed E-state index contributed by atoms with van der Waals surface area (Å²) in [5.74, 6) is -1.67. The van der Waals surface area contributed by atoms with Gasteiger partial charge in [-0.2, -0.15) is 0 Å². The molecule has 0 aromatic carbocycles. The summed E-state index contributed by atoms with van der Waals surface area (Å²) >= 11 is 0. The maximum atomic E-state index is 11.9. The minimum Gasteiger partial charge on any atom is -0.481 e. The molecule has 2 rings (SSSR count). The number of rotatable bonds is 2. The Morgan fingerprint density at radius 3 is 2.63 bits per heavy atom. The van der Waals surface area contributed by atoms with Crippen molar-refractivity contribution in [3.05, 3.63) is 0 Å². The number of aliphatic hydroxyl groups is 1. The number of carbonyl (C=O) groups excluding carboxylic acids is 1. The highest BCUT2D eigenvalue weighted by atomic mass is 16.4. The second kappa shape index (κ2) is 4.89. The van der Waals surface area contributed by atoms with Crippen molar-refractivity contribution in [3.63, 3.8) is 0 Å². The molecule has 2 aliphatic rings. The van der Waals surface area contributed by atoms with Crippen LogP contribution in [-0.2, 0) is 9.59 Å². The molecule has 0 bridgehead atoms. The van der Waals surface area contributed by atoms with Gasteiger partial charge in [-0.15, -0.1) is 0 Å².